The van der Waals surface area contributed by atoms with Crippen molar-refractivity contribution in [2.75, 3.05) is 13.2 Å². The normalized spacial score (nSPS) is 21.0. The Morgan fingerprint density at radius 2 is 2.14 bits per heavy atom. The molecule has 1 aromatic rings. The largest absolute Gasteiger partial charge is 0.381 e. The average Bonchev–Trinajstić information content (AvgIpc) is 2.68. The summed E-state index contributed by atoms with van der Waals surface area (Å²) >= 11 is 5.85. The van der Waals surface area contributed by atoms with Crippen molar-refractivity contribution in [1.82, 2.24) is 10.1 Å². The number of rotatable bonds is 2. The van der Waals surface area contributed by atoms with Crippen LogP contribution in [-0.2, 0) is 4.74 Å². The van der Waals surface area contributed by atoms with Gasteiger partial charge in [0, 0.05) is 19.1 Å². The van der Waals surface area contributed by atoms with Crippen LogP contribution in [0.2, 0.25) is 0 Å². The molecule has 2 heterocycles. The van der Waals surface area contributed by atoms with Crippen molar-refractivity contribution in [3.8, 4) is 0 Å². The number of alkyl halides is 1. The van der Waals surface area contributed by atoms with Crippen molar-refractivity contribution in [3.63, 3.8) is 0 Å². The van der Waals surface area contributed by atoms with Crippen LogP contribution in [0.5, 0.6) is 0 Å². The van der Waals surface area contributed by atoms with Gasteiger partial charge >= 0.3 is 0 Å². The molecule has 5 heteroatoms. The molecule has 0 amide bonds. The minimum Gasteiger partial charge on any atom is -0.381 e. The summed E-state index contributed by atoms with van der Waals surface area (Å²) in [5, 5.41) is 3.64. The second-order valence-corrected chi connectivity index (χ2v) is 4.15. The molecule has 0 radical (unpaired) electrons. The van der Waals surface area contributed by atoms with Gasteiger partial charge in [0.2, 0.25) is 5.89 Å². The number of hydrogen-bond acceptors (Lipinski definition) is 4. The molecule has 78 valence electrons. The van der Waals surface area contributed by atoms with E-state index in [2.05, 4.69) is 10.1 Å². The molecular formula is C9H13ClN2O2. The van der Waals surface area contributed by atoms with Crippen molar-refractivity contribution in [1.29, 1.82) is 0 Å². The highest BCUT2D eigenvalue weighted by Gasteiger charge is 2.22. The Hall–Kier alpha value is -0.610. The molecule has 1 aromatic heterocycles. The van der Waals surface area contributed by atoms with Crippen molar-refractivity contribution in [2.45, 2.75) is 31.1 Å². The molecule has 1 fully saturated rings. The van der Waals surface area contributed by atoms with Gasteiger partial charge in [-0.25, -0.2) is 0 Å². The van der Waals surface area contributed by atoms with E-state index < -0.39 is 0 Å². The zero-order chi connectivity index (χ0) is 9.97. The molecule has 1 unspecified atom stereocenters. The molecule has 0 aromatic carbocycles. The quantitative estimate of drug-likeness (QED) is 0.712. The van der Waals surface area contributed by atoms with Crippen LogP contribution >= 0.6 is 11.6 Å². The van der Waals surface area contributed by atoms with Gasteiger partial charge in [-0.15, -0.1) is 11.6 Å². The van der Waals surface area contributed by atoms with Gasteiger partial charge in [-0.3, -0.25) is 0 Å². The Balaban J connectivity index is 2.07. The second-order valence-electron chi connectivity index (χ2n) is 3.49. The molecule has 14 heavy (non-hydrogen) atoms. The summed E-state index contributed by atoms with van der Waals surface area (Å²) in [5.74, 6) is 1.63. The van der Waals surface area contributed by atoms with Gasteiger partial charge in [0.1, 0.15) is 0 Å². The average molecular weight is 217 g/mol. The first kappa shape index (κ1) is 9.93. The number of aromatic nitrogens is 2. The number of hydrogen-bond donors (Lipinski definition) is 0. The van der Waals surface area contributed by atoms with Crippen LogP contribution in [0.3, 0.4) is 0 Å². The van der Waals surface area contributed by atoms with Crippen LogP contribution in [0.15, 0.2) is 4.52 Å². The Morgan fingerprint density at radius 3 is 2.71 bits per heavy atom. The lowest BCUT2D eigenvalue weighted by Crippen LogP contribution is -2.14. The number of nitrogens with zero attached hydrogens (tertiary/aromatic N) is 2. The highest BCUT2D eigenvalue weighted by atomic mass is 35.5. The fourth-order valence-electron chi connectivity index (χ4n) is 1.52. The third-order valence-electron chi connectivity index (χ3n) is 2.38. The van der Waals surface area contributed by atoms with Crippen LogP contribution < -0.4 is 0 Å². The van der Waals surface area contributed by atoms with Crippen molar-refractivity contribution < 1.29 is 9.26 Å². The molecule has 0 bridgehead atoms. The van der Waals surface area contributed by atoms with Crippen LogP contribution in [0.4, 0.5) is 0 Å². The van der Waals surface area contributed by atoms with E-state index in [-0.39, 0.29) is 5.38 Å². The first-order valence-electron chi connectivity index (χ1n) is 4.82. The van der Waals surface area contributed by atoms with E-state index in [1.807, 2.05) is 6.92 Å². The first-order valence-corrected chi connectivity index (χ1v) is 5.26. The molecular weight excluding hydrogens is 204 g/mol. The van der Waals surface area contributed by atoms with Crippen molar-refractivity contribution >= 4 is 11.6 Å². The predicted octanol–water partition coefficient (Wildman–Crippen LogP) is 2.26. The molecule has 0 N–H and O–H groups in total. The fraction of sp³-hybridized carbons (Fsp3) is 0.778. The molecule has 0 aliphatic carbocycles. The van der Waals surface area contributed by atoms with Gasteiger partial charge in [-0.05, 0) is 19.8 Å². The number of ether oxygens (including phenoxy) is 1. The second kappa shape index (κ2) is 4.28. The standard InChI is InChI=1S/C9H13ClN2O2/c1-6(10)8-11-9(14-12-8)7-2-4-13-5-3-7/h6-7H,2-5H2,1H3. The van der Waals surface area contributed by atoms with E-state index in [0.29, 0.717) is 17.6 Å². The highest BCUT2D eigenvalue weighted by Crippen LogP contribution is 2.26. The third-order valence-corrected chi connectivity index (χ3v) is 2.58. The topological polar surface area (TPSA) is 48.2 Å². The number of halogens is 1. The lowest BCUT2D eigenvalue weighted by atomic mass is 10.0. The summed E-state index contributed by atoms with van der Waals surface area (Å²) in [6, 6.07) is 0. The maximum absolute atomic E-state index is 5.85. The Labute approximate surface area is 87.6 Å². The Bertz CT molecular complexity index is 295. The van der Waals surface area contributed by atoms with Crippen molar-refractivity contribution in [2.24, 2.45) is 0 Å². The minimum atomic E-state index is -0.188. The lowest BCUT2D eigenvalue weighted by molar-refractivity contribution is 0.0778. The maximum Gasteiger partial charge on any atom is 0.229 e. The van der Waals surface area contributed by atoms with Gasteiger partial charge < -0.3 is 9.26 Å². The van der Waals surface area contributed by atoms with E-state index >= 15 is 0 Å². The van der Waals surface area contributed by atoms with Crippen LogP contribution in [0.25, 0.3) is 0 Å². The van der Waals surface area contributed by atoms with Gasteiger partial charge in [0.15, 0.2) is 5.82 Å². The van der Waals surface area contributed by atoms with Crippen LogP contribution in [-0.4, -0.2) is 23.4 Å². The molecule has 1 aliphatic rings. The zero-order valence-electron chi connectivity index (χ0n) is 8.07. The highest BCUT2D eigenvalue weighted by molar-refractivity contribution is 6.20. The van der Waals surface area contributed by atoms with Gasteiger partial charge in [0.05, 0.1) is 5.38 Å². The zero-order valence-corrected chi connectivity index (χ0v) is 8.83. The fourth-order valence-corrected chi connectivity index (χ4v) is 1.61. The van der Waals surface area contributed by atoms with E-state index in [4.69, 9.17) is 20.9 Å². The summed E-state index contributed by atoms with van der Waals surface area (Å²) in [6.45, 7) is 3.39. The molecule has 4 nitrogen and oxygen atoms in total. The lowest BCUT2D eigenvalue weighted by Gasteiger charge is -2.17. The summed E-state index contributed by atoms with van der Waals surface area (Å²) in [4.78, 5) is 4.27. The third kappa shape index (κ3) is 2.07. The summed E-state index contributed by atoms with van der Waals surface area (Å²) < 4.78 is 10.4. The van der Waals surface area contributed by atoms with E-state index in [9.17, 15) is 0 Å². The first-order chi connectivity index (χ1) is 6.77. The Morgan fingerprint density at radius 1 is 1.43 bits per heavy atom. The molecule has 0 saturated carbocycles. The molecule has 0 spiro atoms. The van der Waals surface area contributed by atoms with Gasteiger partial charge in [-0.2, -0.15) is 4.98 Å². The van der Waals surface area contributed by atoms with Crippen molar-refractivity contribution in [3.05, 3.63) is 11.7 Å². The molecule has 1 saturated heterocycles. The predicted molar refractivity (Wildman–Crippen MR) is 51.4 cm³/mol. The molecule has 2 rings (SSSR count). The van der Waals surface area contributed by atoms with Crippen LogP contribution in [0.1, 0.15) is 42.8 Å². The molecule has 1 aliphatic heterocycles. The summed E-state index contributed by atoms with van der Waals surface area (Å²) in [6.07, 6.45) is 1.91. The van der Waals surface area contributed by atoms with Crippen LogP contribution in [0, 0.1) is 0 Å². The molecule has 1 atom stereocenters. The Kier molecular flexibility index (Phi) is 3.03. The smallest absolute Gasteiger partial charge is 0.229 e. The van der Waals surface area contributed by atoms with E-state index in [0.717, 1.165) is 26.1 Å². The summed E-state index contributed by atoms with van der Waals surface area (Å²) in [7, 11) is 0. The van der Waals surface area contributed by atoms with E-state index in [1.165, 1.54) is 0 Å². The maximum atomic E-state index is 5.85. The van der Waals surface area contributed by atoms with E-state index in [1.54, 1.807) is 0 Å². The van der Waals surface area contributed by atoms with Gasteiger partial charge in [-0.1, -0.05) is 5.16 Å². The van der Waals surface area contributed by atoms with Gasteiger partial charge in [0.25, 0.3) is 0 Å². The monoisotopic (exact) mass is 216 g/mol. The summed E-state index contributed by atoms with van der Waals surface area (Å²) in [5.41, 5.74) is 0. The SMILES string of the molecule is CC(Cl)c1noc(C2CCOCC2)n1. The minimum absolute atomic E-state index is 0.188.